The summed E-state index contributed by atoms with van der Waals surface area (Å²) < 4.78 is 0. The van der Waals surface area contributed by atoms with Gasteiger partial charge in [0.2, 0.25) is 0 Å². The van der Waals surface area contributed by atoms with Crippen molar-refractivity contribution >= 4 is 12.0 Å². The predicted molar refractivity (Wildman–Crippen MR) is 66.5 cm³/mol. The monoisotopic (exact) mass is 218 g/mol. The number of benzene rings is 1. The first-order valence-electron chi connectivity index (χ1n) is 5.59. The number of rotatable bonds is 6. The topological polar surface area (TPSA) is 41.1 Å². The summed E-state index contributed by atoms with van der Waals surface area (Å²) in [5, 5.41) is 0. The molecular formula is C13H18N2O. The average molecular weight is 218 g/mol. The van der Waals surface area contributed by atoms with E-state index in [2.05, 4.69) is 17.8 Å². The van der Waals surface area contributed by atoms with Crippen molar-refractivity contribution in [3.05, 3.63) is 42.0 Å². The van der Waals surface area contributed by atoms with E-state index in [9.17, 15) is 4.79 Å². The Morgan fingerprint density at radius 2 is 2.06 bits per heavy atom. The fourth-order valence-electron chi connectivity index (χ4n) is 1.19. The summed E-state index contributed by atoms with van der Waals surface area (Å²) in [6.45, 7) is 2.92. The molecule has 86 valence electrons. The van der Waals surface area contributed by atoms with Crippen LogP contribution in [0, 0.1) is 0 Å². The van der Waals surface area contributed by atoms with Gasteiger partial charge in [0.15, 0.2) is 0 Å². The number of hydrazine groups is 1. The quantitative estimate of drug-likeness (QED) is 0.436. The molecule has 1 rings (SSSR count). The molecule has 0 unspecified atom stereocenters. The van der Waals surface area contributed by atoms with Gasteiger partial charge in [-0.05, 0) is 18.1 Å². The molecule has 0 radical (unpaired) electrons. The zero-order valence-corrected chi connectivity index (χ0v) is 9.57. The zero-order valence-electron chi connectivity index (χ0n) is 9.57. The van der Waals surface area contributed by atoms with Crippen LogP contribution in [-0.4, -0.2) is 12.5 Å². The van der Waals surface area contributed by atoms with E-state index >= 15 is 0 Å². The number of hydrogen-bond donors (Lipinski definition) is 2. The van der Waals surface area contributed by atoms with Crippen LogP contribution < -0.4 is 10.9 Å². The van der Waals surface area contributed by atoms with Crippen LogP contribution in [0.15, 0.2) is 36.4 Å². The van der Waals surface area contributed by atoms with Crippen molar-refractivity contribution in [3.63, 3.8) is 0 Å². The second kappa shape index (κ2) is 7.65. The van der Waals surface area contributed by atoms with Crippen molar-refractivity contribution in [1.82, 2.24) is 10.9 Å². The van der Waals surface area contributed by atoms with Gasteiger partial charge >= 0.3 is 0 Å². The molecule has 0 fully saturated rings. The molecule has 16 heavy (non-hydrogen) atoms. The molecule has 3 heteroatoms. The number of hydrogen-bond acceptors (Lipinski definition) is 2. The summed E-state index contributed by atoms with van der Waals surface area (Å²) in [6.07, 6.45) is 5.48. The molecule has 1 aromatic rings. The number of nitrogens with one attached hydrogen (secondary N) is 2. The normalized spacial score (nSPS) is 10.6. The maximum atomic E-state index is 11.3. The Morgan fingerprint density at radius 1 is 1.31 bits per heavy atom. The third-order valence-corrected chi connectivity index (χ3v) is 2.09. The minimum absolute atomic E-state index is 0.125. The highest BCUT2D eigenvalue weighted by atomic mass is 16.2. The smallest absolute Gasteiger partial charge is 0.258 e. The average Bonchev–Trinajstić information content (AvgIpc) is 2.33. The Labute approximate surface area is 96.5 Å². The van der Waals surface area contributed by atoms with Crippen LogP contribution in [0.25, 0.3) is 6.08 Å². The highest BCUT2D eigenvalue weighted by Gasteiger charge is 1.92. The van der Waals surface area contributed by atoms with Gasteiger partial charge in [-0.25, -0.2) is 5.43 Å². The molecule has 0 aliphatic heterocycles. The SMILES string of the molecule is CCCCNNC(=O)C=Cc1ccccc1. The second-order valence-corrected chi connectivity index (χ2v) is 3.51. The number of carbonyl (C=O) groups is 1. The molecule has 0 atom stereocenters. The van der Waals surface area contributed by atoms with Gasteiger partial charge in [-0.1, -0.05) is 43.7 Å². The van der Waals surface area contributed by atoms with Crippen molar-refractivity contribution in [2.45, 2.75) is 19.8 Å². The van der Waals surface area contributed by atoms with Crippen LogP contribution in [0.2, 0.25) is 0 Å². The van der Waals surface area contributed by atoms with E-state index in [-0.39, 0.29) is 5.91 Å². The van der Waals surface area contributed by atoms with Crippen LogP contribution in [0.3, 0.4) is 0 Å². The first-order valence-corrected chi connectivity index (χ1v) is 5.59. The standard InChI is InChI=1S/C13H18N2O/c1-2-3-11-14-15-13(16)10-9-12-7-5-4-6-8-12/h4-10,14H,2-3,11H2,1H3,(H,15,16). The van der Waals surface area contributed by atoms with Gasteiger partial charge in [0.1, 0.15) is 0 Å². The van der Waals surface area contributed by atoms with Crippen LogP contribution in [0.4, 0.5) is 0 Å². The van der Waals surface area contributed by atoms with Gasteiger partial charge in [-0.3, -0.25) is 10.2 Å². The van der Waals surface area contributed by atoms with Gasteiger partial charge in [-0.15, -0.1) is 0 Å². The molecule has 1 aromatic carbocycles. The largest absolute Gasteiger partial charge is 0.288 e. The summed E-state index contributed by atoms with van der Waals surface area (Å²) >= 11 is 0. The van der Waals surface area contributed by atoms with E-state index in [4.69, 9.17) is 0 Å². The van der Waals surface area contributed by atoms with Crippen molar-refractivity contribution < 1.29 is 4.79 Å². The third kappa shape index (κ3) is 5.32. The number of carbonyl (C=O) groups excluding carboxylic acids is 1. The molecule has 0 spiro atoms. The highest BCUT2D eigenvalue weighted by molar-refractivity contribution is 5.91. The molecule has 0 aromatic heterocycles. The lowest BCUT2D eigenvalue weighted by Crippen LogP contribution is -2.36. The van der Waals surface area contributed by atoms with E-state index < -0.39 is 0 Å². The maximum Gasteiger partial charge on any atom is 0.258 e. The predicted octanol–water partition coefficient (Wildman–Crippen LogP) is 2.12. The molecule has 1 amide bonds. The Bertz CT molecular complexity index is 333. The van der Waals surface area contributed by atoms with Gasteiger partial charge in [0.05, 0.1) is 0 Å². The lowest BCUT2D eigenvalue weighted by molar-refractivity contribution is -0.117. The van der Waals surface area contributed by atoms with Crippen LogP contribution in [0.5, 0.6) is 0 Å². The van der Waals surface area contributed by atoms with Gasteiger partial charge in [-0.2, -0.15) is 0 Å². The summed E-state index contributed by atoms with van der Waals surface area (Å²) in [6, 6.07) is 9.74. The lowest BCUT2D eigenvalue weighted by atomic mass is 10.2. The zero-order chi connectivity index (χ0) is 11.6. The van der Waals surface area contributed by atoms with Crippen LogP contribution >= 0.6 is 0 Å². The lowest BCUT2D eigenvalue weighted by Gasteiger charge is -2.02. The van der Waals surface area contributed by atoms with E-state index in [0.717, 1.165) is 24.9 Å². The molecule has 0 saturated carbocycles. The third-order valence-electron chi connectivity index (χ3n) is 2.09. The summed E-state index contributed by atoms with van der Waals surface area (Å²) in [5.74, 6) is -0.125. The van der Waals surface area contributed by atoms with Gasteiger partial charge in [0, 0.05) is 12.6 Å². The molecule has 0 heterocycles. The summed E-state index contributed by atoms with van der Waals surface area (Å²) in [5.41, 5.74) is 6.50. The molecule has 2 N–H and O–H groups in total. The first-order chi connectivity index (χ1) is 7.83. The van der Waals surface area contributed by atoms with E-state index in [1.165, 1.54) is 6.08 Å². The molecule has 0 bridgehead atoms. The fraction of sp³-hybridized carbons (Fsp3) is 0.308. The molecular weight excluding hydrogens is 200 g/mol. The maximum absolute atomic E-state index is 11.3. The van der Waals surface area contributed by atoms with Crippen molar-refractivity contribution in [3.8, 4) is 0 Å². The van der Waals surface area contributed by atoms with Crippen molar-refractivity contribution in [2.75, 3.05) is 6.54 Å². The molecule has 0 aliphatic carbocycles. The molecule has 0 saturated heterocycles. The second-order valence-electron chi connectivity index (χ2n) is 3.51. The number of amides is 1. The van der Waals surface area contributed by atoms with Crippen molar-refractivity contribution in [1.29, 1.82) is 0 Å². The van der Waals surface area contributed by atoms with Gasteiger partial charge in [0.25, 0.3) is 5.91 Å². The Kier molecular flexibility index (Phi) is 5.96. The van der Waals surface area contributed by atoms with E-state index in [1.807, 2.05) is 30.3 Å². The highest BCUT2D eigenvalue weighted by Crippen LogP contribution is 2.00. The van der Waals surface area contributed by atoms with Crippen LogP contribution in [-0.2, 0) is 4.79 Å². The Hall–Kier alpha value is -1.61. The van der Waals surface area contributed by atoms with Gasteiger partial charge < -0.3 is 0 Å². The Balaban J connectivity index is 2.26. The minimum atomic E-state index is -0.125. The van der Waals surface area contributed by atoms with E-state index in [1.54, 1.807) is 6.08 Å². The molecule has 0 aliphatic rings. The molecule has 3 nitrogen and oxygen atoms in total. The van der Waals surface area contributed by atoms with Crippen LogP contribution in [0.1, 0.15) is 25.3 Å². The first kappa shape index (κ1) is 12.5. The fourth-order valence-corrected chi connectivity index (χ4v) is 1.19. The summed E-state index contributed by atoms with van der Waals surface area (Å²) in [4.78, 5) is 11.3. The summed E-state index contributed by atoms with van der Waals surface area (Å²) in [7, 11) is 0. The Morgan fingerprint density at radius 3 is 2.75 bits per heavy atom. The number of unbranched alkanes of at least 4 members (excludes halogenated alkanes) is 1. The van der Waals surface area contributed by atoms with E-state index in [0.29, 0.717) is 0 Å². The minimum Gasteiger partial charge on any atom is -0.288 e. The van der Waals surface area contributed by atoms with Crippen molar-refractivity contribution in [2.24, 2.45) is 0 Å².